The van der Waals surface area contributed by atoms with Gasteiger partial charge in [-0.05, 0) is 42.7 Å². The smallest absolute Gasteiger partial charge is 0.244 e. The SMILES string of the molecule is Cc1ccc(CCNC(=O)C=Cc2ccc(O)c(O)c2)cc1. The lowest BCUT2D eigenvalue weighted by Gasteiger charge is -2.03. The summed E-state index contributed by atoms with van der Waals surface area (Å²) in [4.78, 5) is 11.7. The van der Waals surface area contributed by atoms with Crippen molar-refractivity contribution in [3.63, 3.8) is 0 Å². The van der Waals surface area contributed by atoms with Crippen LogP contribution in [-0.2, 0) is 11.2 Å². The van der Waals surface area contributed by atoms with Crippen LogP contribution >= 0.6 is 0 Å². The van der Waals surface area contributed by atoms with Crippen molar-refractivity contribution in [3.8, 4) is 11.5 Å². The van der Waals surface area contributed by atoms with Crippen LogP contribution in [0.3, 0.4) is 0 Å². The molecular weight excluding hydrogens is 278 g/mol. The fourth-order valence-corrected chi connectivity index (χ4v) is 1.96. The molecule has 2 aromatic carbocycles. The average molecular weight is 297 g/mol. The summed E-state index contributed by atoms with van der Waals surface area (Å²) in [6.07, 6.45) is 3.77. The predicted molar refractivity (Wildman–Crippen MR) is 86.7 cm³/mol. The van der Waals surface area contributed by atoms with Gasteiger partial charge in [0.05, 0.1) is 0 Å². The average Bonchev–Trinajstić information content (AvgIpc) is 2.50. The zero-order valence-corrected chi connectivity index (χ0v) is 12.4. The summed E-state index contributed by atoms with van der Waals surface area (Å²) in [5, 5.41) is 21.4. The van der Waals surface area contributed by atoms with E-state index < -0.39 is 0 Å². The first kappa shape index (κ1) is 15.6. The number of phenols is 2. The Hall–Kier alpha value is -2.75. The van der Waals surface area contributed by atoms with Gasteiger partial charge in [-0.15, -0.1) is 0 Å². The molecule has 0 aromatic heterocycles. The minimum atomic E-state index is -0.207. The summed E-state index contributed by atoms with van der Waals surface area (Å²) >= 11 is 0. The zero-order chi connectivity index (χ0) is 15.9. The molecule has 3 N–H and O–H groups in total. The van der Waals surface area contributed by atoms with Crippen LogP contribution in [-0.4, -0.2) is 22.7 Å². The van der Waals surface area contributed by atoms with Crippen molar-refractivity contribution in [1.29, 1.82) is 0 Å². The van der Waals surface area contributed by atoms with Crippen LogP contribution in [0.4, 0.5) is 0 Å². The Morgan fingerprint density at radius 2 is 1.82 bits per heavy atom. The number of aromatic hydroxyl groups is 2. The van der Waals surface area contributed by atoms with Crippen molar-refractivity contribution in [3.05, 3.63) is 65.2 Å². The van der Waals surface area contributed by atoms with Crippen LogP contribution in [0, 0.1) is 6.92 Å². The van der Waals surface area contributed by atoms with E-state index in [4.69, 9.17) is 0 Å². The second-order valence-electron chi connectivity index (χ2n) is 5.11. The van der Waals surface area contributed by atoms with Gasteiger partial charge in [-0.2, -0.15) is 0 Å². The standard InChI is InChI=1S/C18H19NO3/c1-13-2-4-14(5-3-13)10-11-19-18(22)9-7-15-6-8-16(20)17(21)12-15/h2-9,12,20-21H,10-11H2,1H3,(H,19,22). The number of rotatable bonds is 5. The van der Waals surface area contributed by atoms with Gasteiger partial charge in [0.15, 0.2) is 11.5 Å². The van der Waals surface area contributed by atoms with Gasteiger partial charge in [0, 0.05) is 12.6 Å². The van der Waals surface area contributed by atoms with Crippen molar-refractivity contribution in [2.75, 3.05) is 6.54 Å². The highest BCUT2D eigenvalue weighted by Crippen LogP contribution is 2.25. The van der Waals surface area contributed by atoms with E-state index in [1.54, 1.807) is 12.1 Å². The van der Waals surface area contributed by atoms with E-state index in [-0.39, 0.29) is 17.4 Å². The third-order valence-electron chi connectivity index (χ3n) is 3.26. The molecular formula is C18H19NO3. The summed E-state index contributed by atoms with van der Waals surface area (Å²) in [7, 11) is 0. The van der Waals surface area contributed by atoms with E-state index >= 15 is 0 Å². The molecule has 0 heterocycles. The van der Waals surface area contributed by atoms with Crippen LogP contribution in [0.5, 0.6) is 11.5 Å². The highest BCUT2D eigenvalue weighted by Gasteiger charge is 2.00. The van der Waals surface area contributed by atoms with Gasteiger partial charge in [-0.3, -0.25) is 4.79 Å². The van der Waals surface area contributed by atoms with Crippen molar-refractivity contribution in [2.24, 2.45) is 0 Å². The minimum Gasteiger partial charge on any atom is -0.504 e. The maximum atomic E-state index is 11.7. The number of phenolic OH excluding ortho intramolecular Hbond substituents is 2. The maximum absolute atomic E-state index is 11.7. The predicted octanol–water partition coefficient (Wildman–Crippen LogP) is 2.78. The lowest BCUT2D eigenvalue weighted by Crippen LogP contribution is -2.23. The summed E-state index contributed by atoms with van der Waals surface area (Å²) in [6, 6.07) is 12.6. The van der Waals surface area contributed by atoms with E-state index in [1.807, 2.05) is 19.1 Å². The molecule has 0 aliphatic carbocycles. The van der Waals surface area contributed by atoms with Crippen molar-refractivity contribution >= 4 is 12.0 Å². The van der Waals surface area contributed by atoms with E-state index in [2.05, 4.69) is 17.4 Å². The molecule has 4 heteroatoms. The van der Waals surface area contributed by atoms with Crippen LogP contribution in [0.25, 0.3) is 6.08 Å². The van der Waals surface area contributed by atoms with Crippen LogP contribution in [0.15, 0.2) is 48.5 Å². The Balaban J connectivity index is 1.81. The van der Waals surface area contributed by atoms with Gasteiger partial charge in [0.2, 0.25) is 5.91 Å². The molecule has 0 aliphatic rings. The zero-order valence-electron chi connectivity index (χ0n) is 12.4. The molecule has 2 aromatic rings. The fourth-order valence-electron chi connectivity index (χ4n) is 1.96. The Morgan fingerprint density at radius 1 is 1.09 bits per heavy atom. The highest BCUT2D eigenvalue weighted by molar-refractivity contribution is 5.91. The number of carbonyl (C=O) groups is 1. The van der Waals surface area contributed by atoms with Crippen LogP contribution in [0.1, 0.15) is 16.7 Å². The highest BCUT2D eigenvalue weighted by atomic mass is 16.3. The second-order valence-corrected chi connectivity index (χ2v) is 5.11. The molecule has 1 amide bonds. The van der Waals surface area contributed by atoms with Crippen LogP contribution < -0.4 is 5.32 Å². The quantitative estimate of drug-likeness (QED) is 0.587. The second kappa shape index (κ2) is 7.31. The Labute approximate surface area is 129 Å². The van der Waals surface area contributed by atoms with Gasteiger partial charge in [0.25, 0.3) is 0 Å². The maximum Gasteiger partial charge on any atom is 0.244 e. The fraction of sp³-hybridized carbons (Fsp3) is 0.167. The molecule has 22 heavy (non-hydrogen) atoms. The Bertz CT molecular complexity index is 675. The van der Waals surface area contributed by atoms with Crippen molar-refractivity contribution < 1.29 is 15.0 Å². The summed E-state index contributed by atoms with van der Waals surface area (Å²) in [6.45, 7) is 2.60. The van der Waals surface area contributed by atoms with Gasteiger partial charge in [0.1, 0.15) is 0 Å². The van der Waals surface area contributed by atoms with Gasteiger partial charge in [-0.25, -0.2) is 0 Å². The molecule has 114 valence electrons. The van der Waals surface area contributed by atoms with Gasteiger partial charge >= 0.3 is 0 Å². The Morgan fingerprint density at radius 3 is 2.50 bits per heavy atom. The normalized spacial score (nSPS) is 10.8. The van der Waals surface area contributed by atoms with E-state index in [9.17, 15) is 15.0 Å². The molecule has 0 bridgehead atoms. The number of nitrogens with one attached hydrogen (secondary N) is 1. The number of amides is 1. The molecule has 0 saturated carbocycles. The van der Waals surface area contributed by atoms with Crippen LogP contribution in [0.2, 0.25) is 0 Å². The summed E-state index contributed by atoms with van der Waals surface area (Å²) in [5.74, 6) is -0.582. The minimum absolute atomic E-state index is 0.181. The largest absolute Gasteiger partial charge is 0.504 e. The lowest BCUT2D eigenvalue weighted by atomic mass is 10.1. The molecule has 4 nitrogen and oxygen atoms in total. The third-order valence-corrected chi connectivity index (χ3v) is 3.26. The lowest BCUT2D eigenvalue weighted by molar-refractivity contribution is -0.116. The molecule has 0 spiro atoms. The molecule has 0 atom stereocenters. The van der Waals surface area contributed by atoms with E-state index in [0.29, 0.717) is 12.1 Å². The molecule has 2 rings (SSSR count). The number of hydrogen-bond acceptors (Lipinski definition) is 3. The number of aryl methyl sites for hydroxylation is 1. The van der Waals surface area contributed by atoms with Crippen molar-refractivity contribution in [2.45, 2.75) is 13.3 Å². The monoisotopic (exact) mass is 297 g/mol. The first-order valence-corrected chi connectivity index (χ1v) is 7.08. The molecule has 0 fully saturated rings. The van der Waals surface area contributed by atoms with Gasteiger partial charge < -0.3 is 15.5 Å². The number of benzene rings is 2. The molecule has 0 unspecified atom stereocenters. The molecule has 0 radical (unpaired) electrons. The third kappa shape index (κ3) is 4.66. The first-order valence-electron chi connectivity index (χ1n) is 7.08. The summed E-state index contributed by atoms with van der Waals surface area (Å²) < 4.78 is 0. The Kier molecular flexibility index (Phi) is 5.20. The topological polar surface area (TPSA) is 69.6 Å². The molecule has 0 aliphatic heterocycles. The number of hydrogen-bond donors (Lipinski definition) is 3. The first-order chi connectivity index (χ1) is 10.5. The van der Waals surface area contributed by atoms with Gasteiger partial charge in [-0.1, -0.05) is 35.9 Å². The molecule has 0 saturated heterocycles. The van der Waals surface area contributed by atoms with Crippen molar-refractivity contribution in [1.82, 2.24) is 5.32 Å². The number of carbonyl (C=O) groups excluding carboxylic acids is 1. The van der Waals surface area contributed by atoms with E-state index in [1.165, 1.54) is 29.3 Å². The van der Waals surface area contributed by atoms with E-state index in [0.717, 1.165) is 6.42 Å². The summed E-state index contributed by atoms with van der Waals surface area (Å²) in [5.41, 5.74) is 3.04.